The van der Waals surface area contributed by atoms with Crippen LogP contribution in [0.3, 0.4) is 0 Å². The molecule has 0 atom stereocenters. The summed E-state index contributed by atoms with van der Waals surface area (Å²) in [5.74, 6) is -1.54. The van der Waals surface area contributed by atoms with Crippen molar-refractivity contribution in [1.29, 1.82) is 0 Å². The maximum atomic E-state index is 12.4. The van der Waals surface area contributed by atoms with E-state index < -0.39 is 19.2 Å². The lowest BCUT2D eigenvalue weighted by molar-refractivity contribution is -0.0504. The number of carbonyl (C=O) groups excluding carboxylic acids is 2. The molecule has 0 saturated heterocycles. The molecule has 7 heteroatoms. The Morgan fingerprint density at radius 1 is 1.16 bits per heavy atom. The summed E-state index contributed by atoms with van der Waals surface area (Å²) < 4.78 is 36.0. The van der Waals surface area contributed by atoms with Gasteiger partial charge in [0.2, 0.25) is 5.78 Å². The van der Waals surface area contributed by atoms with Crippen LogP contribution in [-0.2, 0) is 11.3 Å². The maximum Gasteiger partial charge on any atom is 0.387 e. The van der Waals surface area contributed by atoms with E-state index in [0.29, 0.717) is 5.56 Å². The minimum atomic E-state index is -3.06. The summed E-state index contributed by atoms with van der Waals surface area (Å²) in [6.07, 6.45) is 0. The minimum absolute atomic E-state index is 0.158. The number of benzene rings is 1. The van der Waals surface area contributed by atoms with Crippen LogP contribution in [0.25, 0.3) is 0 Å². The first kappa shape index (κ1) is 18.6. The maximum absolute atomic E-state index is 12.4. The summed E-state index contributed by atoms with van der Waals surface area (Å²) >= 11 is 0. The van der Waals surface area contributed by atoms with Crippen LogP contribution in [0.15, 0.2) is 30.3 Å². The molecule has 2 rings (SSSR count). The van der Waals surface area contributed by atoms with Crippen molar-refractivity contribution in [3.05, 3.63) is 52.8 Å². The van der Waals surface area contributed by atoms with Crippen LogP contribution >= 0.6 is 0 Å². The van der Waals surface area contributed by atoms with Gasteiger partial charge in [-0.2, -0.15) is 8.78 Å². The lowest BCUT2D eigenvalue weighted by Gasteiger charge is -2.10. The molecule has 0 spiro atoms. The van der Waals surface area contributed by atoms with Crippen LogP contribution in [-0.4, -0.2) is 29.5 Å². The van der Waals surface area contributed by atoms with Crippen molar-refractivity contribution in [2.45, 2.75) is 33.9 Å². The Morgan fingerprint density at radius 3 is 2.44 bits per heavy atom. The van der Waals surface area contributed by atoms with Gasteiger partial charge >= 0.3 is 12.6 Å². The number of ether oxygens (including phenoxy) is 2. The van der Waals surface area contributed by atoms with Gasteiger partial charge in [-0.1, -0.05) is 12.1 Å². The van der Waals surface area contributed by atoms with Gasteiger partial charge in [0, 0.05) is 23.5 Å². The molecular weight excluding hydrogens is 332 g/mol. The number of rotatable bonds is 7. The predicted molar refractivity (Wildman–Crippen MR) is 87.3 cm³/mol. The van der Waals surface area contributed by atoms with Gasteiger partial charge in [0.25, 0.3) is 0 Å². The smallest absolute Gasteiger partial charge is 0.387 e. The highest BCUT2D eigenvalue weighted by atomic mass is 19.3. The fourth-order valence-corrected chi connectivity index (χ4v) is 2.69. The standard InChI is InChI=1S/C18H19F2NO4/c1-4-21-11(2)9-14(12(21)3)15(22)10-24-17(23)13-7-5-6-8-16(13)25-18(19)20/h5-9,18H,4,10H2,1-3H3. The lowest BCUT2D eigenvalue weighted by atomic mass is 10.1. The second kappa shape index (κ2) is 7.92. The molecule has 0 saturated carbocycles. The van der Waals surface area contributed by atoms with Crippen molar-refractivity contribution in [2.24, 2.45) is 0 Å². The van der Waals surface area contributed by atoms with Gasteiger partial charge in [-0.15, -0.1) is 0 Å². The highest BCUT2D eigenvalue weighted by Gasteiger charge is 2.20. The Morgan fingerprint density at radius 2 is 1.84 bits per heavy atom. The van der Waals surface area contributed by atoms with Crippen LogP contribution < -0.4 is 4.74 Å². The number of carbonyl (C=O) groups is 2. The van der Waals surface area contributed by atoms with Crippen LogP contribution in [0, 0.1) is 13.8 Å². The molecule has 1 aromatic heterocycles. The van der Waals surface area contributed by atoms with E-state index >= 15 is 0 Å². The van der Waals surface area contributed by atoms with Crippen LogP contribution in [0.5, 0.6) is 5.75 Å². The average Bonchev–Trinajstić information content (AvgIpc) is 2.86. The number of esters is 1. The number of aromatic nitrogens is 1. The molecule has 0 N–H and O–H groups in total. The van der Waals surface area contributed by atoms with Crippen LogP contribution in [0.1, 0.15) is 39.0 Å². The van der Waals surface area contributed by atoms with Crippen molar-refractivity contribution in [1.82, 2.24) is 4.57 Å². The molecule has 0 unspecified atom stereocenters. The van der Waals surface area contributed by atoms with Gasteiger partial charge in [-0.05, 0) is 39.0 Å². The SMILES string of the molecule is CCn1c(C)cc(C(=O)COC(=O)c2ccccc2OC(F)F)c1C. The molecule has 1 heterocycles. The molecule has 0 aliphatic rings. The Labute approximate surface area is 144 Å². The molecule has 5 nitrogen and oxygen atoms in total. The van der Waals surface area contributed by atoms with Crippen molar-refractivity contribution in [3.8, 4) is 5.75 Å². The third kappa shape index (κ3) is 4.23. The summed E-state index contributed by atoms with van der Waals surface area (Å²) in [5, 5.41) is 0. The molecule has 0 aliphatic carbocycles. The van der Waals surface area contributed by atoms with Crippen molar-refractivity contribution < 1.29 is 27.8 Å². The molecule has 1 aromatic carbocycles. The van der Waals surface area contributed by atoms with E-state index in [2.05, 4.69) is 4.74 Å². The van der Waals surface area contributed by atoms with Gasteiger partial charge in [-0.25, -0.2) is 4.79 Å². The molecule has 25 heavy (non-hydrogen) atoms. The predicted octanol–water partition coefficient (Wildman–Crippen LogP) is 3.77. The first-order valence-electron chi connectivity index (χ1n) is 7.76. The van der Waals surface area contributed by atoms with Crippen molar-refractivity contribution in [3.63, 3.8) is 0 Å². The minimum Gasteiger partial charge on any atom is -0.454 e. The van der Waals surface area contributed by atoms with E-state index in [1.54, 1.807) is 6.07 Å². The average molecular weight is 351 g/mol. The zero-order chi connectivity index (χ0) is 18.6. The Balaban J connectivity index is 2.09. The first-order valence-corrected chi connectivity index (χ1v) is 7.76. The zero-order valence-corrected chi connectivity index (χ0v) is 14.2. The van der Waals surface area contributed by atoms with E-state index in [-0.39, 0.29) is 17.1 Å². The fourth-order valence-electron chi connectivity index (χ4n) is 2.69. The zero-order valence-electron chi connectivity index (χ0n) is 14.2. The number of para-hydroxylation sites is 1. The molecule has 0 radical (unpaired) electrons. The first-order chi connectivity index (χ1) is 11.8. The number of ketones is 1. The Kier molecular flexibility index (Phi) is 5.90. The number of halogens is 2. The second-order valence-corrected chi connectivity index (χ2v) is 5.40. The van der Waals surface area contributed by atoms with Crippen molar-refractivity contribution >= 4 is 11.8 Å². The monoisotopic (exact) mass is 351 g/mol. The summed E-state index contributed by atoms with van der Waals surface area (Å²) in [6, 6.07) is 7.22. The van der Waals surface area contributed by atoms with Gasteiger partial charge in [0.05, 0.1) is 0 Å². The number of Topliss-reactive ketones (excluding diaryl/α,β-unsaturated/α-hetero) is 1. The number of nitrogens with zero attached hydrogens (tertiary/aromatic N) is 1. The third-order valence-corrected chi connectivity index (χ3v) is 3.85. The van der Waals surface area contributed by atoms with E-state index in [1.165, 1.54) is 24.3 Å². The molecule has 134 valence electrons. The summed E-state index contributed by atoms with van der Waals surface area (Å²) in [5.41, 5.74) is 2.05. The quantitative estimate of drug-likeness (QED) is 0.563. The molecule has 0 fully saturated rings. The largest absolute Gasteiger partial charge is 0.454 e. The Hall–Kier alpha value is -2.70. The highest BCUT2D eigenvalue weighted by Crippen LogP contribution is 2.21. The molecular formula is C18H19F2NO4. The lowest BCUT2D eigenvalue weighted by Crippen LogP contribution is -2.16. The van der Waals surface area contributed by atoms with E-state index in [4.69, 9.17) is 4.74 Å². The van der Waals surface area contributed by atoms with E-state index in [1.807, 2.05) is 25.3 Å². The Bertz CT molecular complexity index is 783. The number of alkyl halides is 2. The van der Waals surface area contributed by atoms with E-state index in [0.717, 1.165) is 17.9 Å². The molecule has 0 amide bonds. The summed E-state index contributed by atoms with van der Waals surface area (Å²) in [7, 11) is 0. The van der Waals surface area contributed by atoms with Gasteiger partial charge in [-0.3, -0.25) is 4.79 Å². The fraction of sp³-hybridized carbons (Fsp3) is 0.333. The normalized spacial score (nSPS) is 10.8. The molecule has 2 aromatic rings. The summed E-state index contributed by atoms with van der Waals surface area (Å²) in [6.45, 7) is 2.86. The van der Waals surface area contributed by atoms with Gasteiger partial charge in [0.15, 0.2) is 6.61 Å². The van der Waals surface area contributed by atoms with Crippen molar-refractivity contribution in [2.75, 3.05) is 6.61 Å². The number of aryl methyl sites for hydroxylation is 1. The second-order valence-electron chi connectivity index (χ2n) is 5.40. The summed E-state index contributed by atoms with van der Waals surface area (Å²) in [4.78, 5) is 24.4. The van der Waals surface area contributed by atoms with Crippen LogP contribution in [0.4, 0.5) is 8.78 Å². The highest BCUT2D eigenvalue weighted by molar-refractivity contribution is 6.01. The topological polar surface area (TPSA) is 57.5 Å². The molecule has 0 aliphatic heterocycles. The van der Waals surface area contributed by atoms with Gasteiger partial charge < -0.3 is 14.0 Å². The van der Waals surface area contributed by atoms with Gasteiger partial charge in [0.1, 0.15) is 11.3 Å². The molecule has 0 bridgehead atoms. The van der Waals surface area contributed by atoms with Crippen LogP contribution in [0.2, 0.25) is 0 Å². The third-order valence-electron chi connectivity index (χ3n) is 3.85. The van der Waals surface area contributed by atoms with E-state index in [9.17, 15) is 18.4 Å². The number of hydrogen-bond donors (Lipinski definition) is 0. The number of hydrogen-bond acceptors (Lipinski definition) is 4.